The molecule has 1 heterocycles. The molecule has 1 aliphatic carbocycles. The van der Waals surface area contributed by atoms with Gasteiger partial charge in [0.2, 0.25) is 5.13 Å². The summed E-state index contributed by atoms with van der Waals surface area (Å²) >= 11 is 1.49. The monoisotopic (exact) mass is 331 g/mol. The number of nitrogens with zero attached hydrogens (tertiary/aromatic N) is 2. The number of ether oxygens (including phenoxy) is 1. The number of carbonyl (C=O) groups excluding carboxylic acids is 1. The Hall–Kier alpha value is -1.95. The van der Waals surface area contributed by atoms with Crippen molar-refractivity contribution in [1.29, 1.82) is 0 Å². The van der Waals surface area contributed by atoms with Gasteiger partial charge in [0, 0.05) is 11.5 Å². The fraction of sp³-hybridized carbons (Fsp3) is 0.471. The van der Waals surface area contributed by atoms with Gasteiger partial charge in [-0.15, -0.1) is 10.2 Å². The van der Waals surface area contributed by atoms with E-state index in [-0.39, 0.29) is 5.91 Å². The van der Waals surface area contributed by atoms with Gasteiger partial charge in [0.15, 0.2) is 0 Å². The van der Waals surface area contributed by atoms with Crippen molar-refractivity contribution < 1.29 is 9.53 Å². The van der Waals surface area contributed by atoms with Crippen LogP contribution < -0.4 is 10.1 Å². The molecule has 0 saturated heterocycles. The lowest BCUT2D eigenvalue weighted by Gasteiger charge is -2.18. The number of hydrogen-bond donors (Lipinski definition) is 1. The fourth-order valence-electron chi connectivity index (χ4n) is 2.84. The molecule has 0 radical (unpaired) electrons. The minimum absolute atomic E-state index is 0.167. The molecule has 122 valence electrons. The first-order valence-corrected chi connectivity index (χ1v) is 8.95. The molecule has 1 N–H and O–H groups in total. The second-order valence-electron chi connectivity index (χ2n) is 5.69. The minimum Gasteiger partial charge on any atom is -0.494 e. The average Bonchev–Trinajstić information content (AvgIpc) is 3.05. The van der Waals surface area contributed by atoms with Gasteiger partial charge in [-0.2, -0.15) is 0 Å². The Balaban J connectivity index is 1.62. The molecule has 1 aliphatic rings. The predicted octanol–water partition coefficient (Wildman–Crippen LogP) is 4.24. The maximum atomic E-state index is 12.3. The van der Waals surface area contributed by atoms with Crippen molar-refractivity contribution in [2.45, 2.75) is 44.9 Å². The summed E-state index contributed by atoms with van der Waals surface area (Å²) in [4.78, 5) is 12.3. The van der Waals surface area contributed by atoms with Gasteiger partial charge in [0.05, 0.1) is 6.61 Å². The minimum atomic E-state index is -0.167. The molecular weight excluding hydrogens is 310 g/mol. The first-order chi connectivity index (χ1) is 11.3. The van der Waals surface area contributed by atoms with Crippen LogP contribution in [0.5, 0.6) is 5.75 Å². The summed E-state index contributed by atoms with van der Waals surface area (Å²) in [6, 6.07) is 7.10. The van der Waals surface area contributed by atoms with E-state index in [1.54, 1.807) is 24.3 Å². The summed E-state index contributed by atoms with van der Waals surface area (Å²) in [6.07, 6.45) is 6.20. The van der Waals surface area contributed by atoms with Gasteiger partial charge in [-0.25, -0.2) is 0 Å². The number of aromatic nitrogens is 2. The molecule has 0 spiro atoms. The zero-order valence-electron chi connectivity index (χ0n) is 13.2. The number of amides is 1. The summed E-state index contributed by atoms with van der Waals surface area (Å²) < 4.78 is 5.38. The highest BCUT2D eigenvalue weighted by atomic mass is 32.1. The summed E-state index contributed by atoms with van der Waals surface area (Å²) in [5.74, 6) is 1.11. The van der Waals surface area contributed by atoms with Gasteiger partial charge >= 0.3 is 0 Å². The second kappa shape index (κ2) is 7.55. The quantitative estimate of drug-likeness (QED) is 0.890. The molecule has 3 rings (SSSR count). The molecule has 1 aromatic carbocycles. The third-order valence-corrected chi connectivity index (χ3v) is 5.04. The first-order valence-electron chi connectivity index (χ1n) is 8.14. The van der Waals surface area contributed by atoms with E-state index in [4.69, 9.17) is 4.74 Å². The Morgan fingerprint density at radius 3 is 2.65 bits per heavy atom. The predicted molar refractivity (Wildman–Crippen MR) is 91.3 cm³/mol. The van der Waals surface area contributed by atoms with Crippen molar-refractivity contribution in [1.82, 2.24) is 10.2 Å². The Bertz CT molecular complexity index is 648. The molecule has 0 unspecified atom stereocenters. The van der Waals surface area contributed by atoms with Crippen LogP contribution in [0.2, 0.25) is 0 Å². The molecular formula is C17H21N3O2S. The number of rotatable bonds is 5. The van der Waals surface area contributed by atoms with Crippen LogP contribution >= 0.6 is 11.3 Å². The standard InChI is InChI=1S/C17H21N3O2S/c1-2-22-14-10-8-12(9-11-14)15(21)18-17-20-19-16(23-17)13-6-4-3-5-7-13/h8-11,13H,2-7H2,1H3,(H,18,20,21). The van der Waals surface area contributed by atoms with Crippen molar-refractivity contribution in [2.24, 2.45) is 0 Å². The van der Waals surface area contributed by atoms with E-state index in [0.717, 1.165) is 10.8 Å². The third-order valence-electron chi connectivity index (χ3n) is 4.04. The second-order valence-corrected chi connectivity index (χ2v) is 6.70. The molecule has 1 saturated carbocycles. The third kappa shape index (κ3) is 4.07. The van der Waals surface area contributed by atoms with Crippen LogP contribution in [0.25, 0.3) is 0 Å². The number of benzene rings is 1. The molecule has 2 aromatic rings. The topological polar surface area (TPSA) is 64.1 Å². The summed E-state index contributed by atoms with van der Waals surface area (Å²) in [7, 11) is 0. The van der Waals surface area contributed by atoms with Crippen molar-refractivity contribution in [3.05, 3.63) is 34.8 Å². The molecule has 1 aromatic heterocycles. The maximum Gasteiger partial charge on any atom is 0.257 e. The lowest BCUT2D eigenvalue weighted by Crippen LogP contribution is -2.11. The molecule has 1 fully saturated rings. The van der Waals surface area contributed by atoms with E-state index in [1.807, 2.05) is 6.92 Å². The summed E-state index contributed by atoms with van der Waals surface area (Å²) in [5, 5.41) is 12.8. The van der Waals surface area contributed by atoms with Gasteiger partial charge in [0.25, 0.3) is 5.91 Å². The van der Waals surface area contributed by atoms with Crippen LogP contribution in [0, 0.1) is 0 Å². The van der Waals surface area contributed by atoms with Gasteiger partial charge < -0.3 is 4.74 Å². The highest BCUT2D eigenvalue weighted by Gasteiger charge is 2.20. The summed E-state index contributed by atoms with van der Waals surface area (Å²) in [6.45, 7) is 2.54. The molecule has 1 amide bonds. The van der Waals surface area contributed by atoms with Crippen LogP contribution in [0.15, 0.2) is 24.3 Å². The normalized spacial score (nSPS) is 15.3. The van der Waals surface area contributed by atoms with Crippen LogP contribution in [0.4, 0.5) is 5.13 Å². The fourth-order valence-corrected chi connectivity index (χ4v) is 3.75. The highest BCUT2D eigenvalue weighted by Crippen LogP contribution is 2.35. The number of anilines is 1. The number of nitrogens with one attached hydrogen (secondary N) is 1. The Labute approximate surface area is 140 Å². The Morgan fingerprint density at radius 2 is 1.96 bits per heavy atom. The van der Waals surface area contributed by atoms with E-state index in [0.29, 0.717) is 23.2 Å². The zero-order valence-corrected chi connectivity index (χ0v) is 14.1. The zero-order chi connectivity index (χ0) is 16.1. The lowest BCUT2D eigenvalue weighted by molar-refractivity contribution is 0.102. The smallest absolute Gasteiger partial charge is 0.257 e. The van der Waals surface area contributed by atoms with E-state index in [9.17, 15) is 4.79 Å². The number of hydrogen-bond acceptors (Lipinski definition) is 5. The van der Waals surface area contributed by atoms with Crippen molar-refractivity contribution in [2.75, 3.05) is 11.9 Å². The molecule has 0 aliphatic heterocycles. The Morgan fingerprint density at radius 1 is 1.22 bits per heavy atom. The maximum absolute atomic E-state index is 12.3. The van der Waals surface area contributed by atoms with Crippen LogP contribution in [0.3, 0.4) is 0 Å². The Kier molecular flexibility index (Phi) is 5.23. The molecule has 23 heavy (non-hydrogen) atoms. The molecule has 0 bridgehead atoms. The number of carbonyl (C=O) groups is 1. The first kappa shape index (κ1) is 15.9. The van der Waals surface area contributed by atoms with E-state index in [2.05, 4.69) is 15.5 Å². The van der Waals surface area contributed by atoms with E-state index >= 15 is 0 Å². The van der Waals surface area contributed by atoms with Crippen LogP contribution in [-0.2, 0) is 0 Å². The molecule has 0 atom stereocenters. The summed E-state index contributed by atoms with van der Waals surface area (Å²) in [5.41, 5.74) is 0.586. The average molecular weight is 331 g/mol. The van der Waals surface area contributed by atoms with Crippen LogP contribution in [-0.4, -0.2) is 22.7 Å². The van der Waals surface area contributed by atoms with Gasteiger partial charge in [-0.3, -0.25) is 10.1 Å². The van der Waals surface area contributed by atoms with Gasteiger partial charge in [0.1, 0.15) is 10.8 Å². The van der Waals surface area contributed by atoms with E-state index in [1.165, 1.54) is 43.4 Å². The lowest BCUT2D eigenvalue weighted by atomic mass is 9.90. The van der Waals surface area contributed by atoms with Gasteiger partial charge in [-0.05, 0) is 44.0 Å². The van der Waals surface area contributed by atoms with Crippen molar-refractivity contribution in [3.63, 3.8) is 0 Å². The van der Waals surface area contributed by atoms with Crippen molar-refractivity contribution in [3.8, 4) is 5.75 Å². The van der Waals surface area contributed by atoms with Crippen molar-refractivity contribution >= 4 is 22.4 Å². The van der Waals surface area contributed by atoms with Gasteiger partial charge in [-0.1, -0.05) is 30.6 Å². The van der Waals surface area contributed by atoms with Crippen LogP contribution in [0.1, 0.15) is 60.3 Å². The SMILES string of the molecule is CCOc1ccc(C(=O)Nc2nnc(C3CCCCC3)s2)cc1. The highest BCUT2D eigenvalue weighted by molar-refractivity contribution is 7.15. The van der Waals surface area contributed by atoms with E-state index < -0.39 is 0 Å². The molecule has 5 nitrogen and oxygen atoms in total. The largest absolute Gasteiger partial charge is 0.494 e. The molecule has 6 heteroatoms.